The Kier molecular flexibility index (Phi) is 5.89. The molecule has 1 aliphatic carbocycles. The molecule has 160 valence electrons. The third-order valence-electron chi connectivity index (χ3n) is 7.37. The highest BCUT2D eigenvalue weighted by atomic mass is 19.1. The number of nitrogens with zero attached hydrogens (tertiary/aromatic N) is 1. The number of halogens is 1. The summed E-state index contributed by atoms with van der Waals surface area (Å²) in [5.74, 6) is 2.32. The predicted molar refractivity (Wildman–Crippen MR) is 122 cm³/mol. The summed E-state index contributed by atoms with van der Waals surface area (Å²) in [6.45, 7) is 3.29. The fourth-order valence-corrected chi connectivity index (χ4v) is 5.89. The molecule has 1 aliphatic heterocycles. The molecule has 2 fully saturated rings. The van der Waals surface area contributed by atoms with E-state index in [1.807, 2.05) is 0 Å². The molecule has 0 bridgehead atoms. The van der Waals surface area contributed by atoms with Gasteiger partial charge in [0.1, 0.15) is 5.82 Å². The Morgan fingerprint density at radius 3 is 1.81 bits per heavy atom. The van der Waals surface area contributed by atoms with Crippen molar-refractivity contribution < 1.29 is 9.50 Å². The summed E-state index contributed by atoms with van der Waals surface area (Å²) in [4.78, 5) is 2.59. The third-order valence-corrected chi connectivity index (χ3v) is 7.37. The highest BCUT2D eigenvalue weighted by Gasteiger charge is 2.55. The van der Waals surface area contributed by atoms with Gasteiger partial charge in [-0.25, -0.2) is 4.39 Å². The molecule has 31 heavy (non-hydrogen) atoms. The van der Waals surface area contributed by atoms with E-state index in [4.69, 9.17) is 0 Å². The lowest BCUT2D eigenvalue weighted by Crippen LogP contribution is -2.42. The minimum absolute atomic E-state index is 0.260. The molecule has 1 N–H and O–H groups in total. The number of fused-ring (bicyclic) bond motifs is 1. The van der Waals surface area contributed by atoms with E-state index in [9.17, 15) is 9.50 Å². The first-order valence-electron chi connectivity index (χ1n) is 11.5. The van der Waals surface area contributed by atoms with Gasteiger partial charge in [-0.3, -0.25) is 0 Å². The maximum Gasteiger partial charge on any atom is 0.123 e. The van der Waals surface area contributed by atoms with Gasteiger partial charge in [0.25, 0.3) is 0 Å². The standard InChI is InChI=1S/C28H30FNO/c29-23-15-13-20(14-16-23)26(31)12-7-17-30-18-24-25(19-30)28(22-10-5-2-6-11-22)27(24)21-8-3-1-4-9-21/h1-6,8-11,13-16,24-28,31H,7,12,17-19H2. The first-order valence-corrected chi connectivity index (χ1v) is 11.5. The van der Waals surface area contributed by atoms with Crippen molar-refractivity contribution in [3.05, 3.63) is 107 Å². The molecule has 1 saturated carbocycles. The molecule has 2 nitrogen and oxygen atoms in total. The normalized spacial score (nSPS) is 26.3. The monoisotopic (exact) mass is 415 g/mol. The Bertz CT molecular complexity index is 921. The Hall–Kier alpha value is -2.49. The van der Waals surface area contributed by atoms with Crippen molar-refractivity contribution in [3.8, 4) is 0 Å². The van der Waals surface area contributed by atoms with Gasteiger partial charge in [-0.15, -0.1) is 0 Å². The fraction of sp³-hybridized carbons (Fsp3) is 0.357. The van der Waals surface area contributed by atoms with Gasteiger partial charge in [-0.2, -0.15) is 0 Å². The van der Waals surface area contributed by atoms with Crippen LogP contribution in [0.5, 0.6) is 0 Å². The number of hydrogen-bond acceptors (Lipinski definition) is 2. The van der Waals surface area contributed by atoms with Crippen LogP contribution in [-0.4, -0.2) is 29.6 Å². The summed E-state index contributed by atoms with van der Waals surface area (Å²) in [5.41, 5.74) is 3.73. The van der Waals surface area contributed by atoms with E-state index in [1.54, 1.807) is 12.1 Å². The van der Waals surface area contributed by atoms with Crippen molar-refractivity contribution >= 4 is 0 Å². The fourth-order valence-electron chi connectivity index (χ4n) is 5.89. The van der Waals surface area contributed by atoms with Crippen molar-refractivity contribution in [3.63, 3.8) is 0 Å². The number of benzene rings is 3. The van der Waals surface area contributed by atoms with E-state index in [2.05, 4.69) is 65.6 Å². The predicted octanol–water partition coefficient (Wildman–Crippen LogP) is 5.77. The Labute approximate surface area is 184 Å². The van der Waals surface area contributed by atoms with Crippen molar-refractivity contribution in [1.29, 1.82) is 0 Å². The number of likely N-dealkylation sites (tertiary alicyclic amines) is 1. The molecule has 3 heteroatoms. The molecular weight excluding hydrogens is 385 g/mol. The summed E-state index contributed by atoms with van der Waals surface area (Å²) in [7, 11) is 0. The van der Waals surface area contributed by atoms with Gasteiger partial charge in [0.2, 0.25) is 0 Å². The summed E-state index contributed by atoms with van der Waals surface area (Å²) in [6.07, 6.45) is 1.14. The van der Waals surface area contributed by atoms with Gasteiger partial charge >= 0.3 is 0 Å². The maximum atomic E-state index is 13.1. The highest BCUT2D eigenvalue weighted by Crippen LogP contribution is 2.60. The zero-order valence-electron chi connectivity index (χ0n) is 17.8. The minimum atomic E-state index is -0.519. The Balaban J connectivity index is 1.23. The van der Waals surface area contributed by atoms with Crippen LogP contribution in [0.25, 0.3) is 0 Å². The second-order valence-electron chi connectivity index (χ2n) is 9.17. The first-order chi connectivity index (χ1) is 15.2. The largest absolute Gasteiger partial charge is 0.388 e. The zero-order valence-corrected chi connectivity index (χ0v) is 17.8. The van der Waals surface area contributed by atoms with Crippen molar-refractivity contribution in [2.75, 3.05) is 19.6 Å². The van der Waals surface area contributed by atoms with Crippen LogP contribution >= 0.6 is 0 Å². The van der Waals surface area contributed by atoms with Crippen LogP contribution in [0.2, 0.25) is 0 Å². The average molecular weight is 416 g/mol. The van der Waals surface area contributed by atoms with Crippen LogP contribution in [0.15, 0.2) is 84.9 Å². The number of aliphatic hydroxyl groups excluding tert-OH is 1. The number of hydrogen-bond donors (Lipinski definition) is 1. The maximum absolute atomic E-state index is 13.1. The number of aliphatic hydroxyl groups is 1. The van der Waals surface area contributed by atoms with E-state index in [0.717, 1.165) is 31.6 Å². The summed E-state index contributed by atoms with van der Waals surface area (Å²) >= 11 is 0. The van der Waals surface area contributed by atoms with Crippen LogP contribution in [-0.2, 0) is 0 Å². The van der Waals surface area contributed by atoms with Crippen LogP contribution in [0.3, 0.4) is 0 Å². The molecule has 3 aromatic rings. The molecule has 0 spiro atoms. The zero-order chi connectivity index (χ0) is 21.2. The molecule has 5 unspecified atom stereocenters. The van der Waals surface area contributed by atoms with Crippen LogP contribution in [0.4, 0.5) is 4.39 Å². The third kappa shape index (κ3) is 4.17. The second kappa shape index (κ2) is 8.94. The van der Waals surface area contributed by atoms with E-state index in [-0.39, 0.29) is 5.82 Å². The van der Waals surface area contributed by atoms with Crippen molar-refractivity contribution in [1.82, 2.24) is 4.90 Å². The molecular formula is C28H30FNO. The van der Waals surface area contributed by atoms with Crippen molar-refractivity contribution in [2.24, 2.45) is 11.8 Å². The molecule has 1 heterocycles. The lowest BCUT2D eigenvalue weighted by atomic mass is 9.54. The molecule has 0 aromatic heterocycles. The van der Waals surface area contributed by atoms with Gasteiger partial charge in [0.15, 0.2) is 0 Å². The van der Waals surface area contributed by atoms with E-state index < -0.39 is 6.10 Å². The van der Waals surface area contributed by atoms with Gasteiger partial charge in [0.05, 0.1) is 6.10 Å². The SMILES string of the molecule is OC(CCCN1CC2C(C1)C(c1ccccc1)C2c1ccccc1)c1ccc(F)cc1. The Morgan fingerprint density at radius 1 is 0.774 bits per heavy atom. The van der Waals surface area contributed by atoms with Gasteiger partial charge < -0.3 is 10.0 Å². The van der Waals surface area contributed by atoms with Gasteiger partial charge in [-0.05, 0) is 71.9 Å². The van der Waals surface area contributed by atoms with E-state index in [1.165, 1.54) is 23.3 Å². The smallest absolute Gasteiger partial charge is 0.123 e. The molecule has 1 saturated heterocycles. The average Bonchev–Trinajstić information content (AvgIpc) is 3.14. The first kappa shape index (κ1) is 20.4. The lowest BCUT2D eigenvalue weighted by Gasteiger charge is -2.49. The van der Waals surface area contributed by atoms with Crippen LogP contribution in [0, 0.1) is 17.7 Å². The molecule has 0 radical (unpaired) electrons. The van der Waals surface area contributed by atoms with Crippen LogP contribution in [0.1, 0.15) is 47.5 Å². The van der Waals surface area contributed by atoms with Crippen molar-refractivity contribution in [2.45, 2.75) is 30.8 Å². The Morgan fingerprint density at radius 2 is 1.29 bits per heavy atom. The topological polar surface area (TPSA) is 23.5 Å². The molecule has 0 amide bonds. The van der Waals surface area contributed by atoms with Crippen LogP contribution < -0.4 is 0 Å². The quantitative estimate of drug-likeness (QED) is 0.530. The van der Waals surface area contributed by atoms with E-state index in [0.29, 0.717) is 30.1 Å². The highest BCUT2D eigenvalue weighted by molar-refractivity contribution is 5.36. The summed E-state index contributed by atoms with van der Waals surface area (Å²) in [5, 5.41) is 10.4. The van der Waals surface area contributed by atoms with E-state index >= 15 is 0 Å². The minimum Gasteiger partial charge on any atom is -0.388 e. The molecule has 5 atom stereocenters. The second-order valence-corrected chi connectivity index (χ2v) is 9.17. The van der Waals surface area contributed by atoms with Gasteiger partial charge in [-0.1, -0.05) is 72.8 Å². The summed E-state index contributed by atoms with van der Waals surface area (Å²) in [6, 6.07) is 28.2. The summed E-state index contributed by atoms with van der Waals surface area (Å²) < 4.78 is 13.1. The lowest BCUT2D eigenvalue weighted by molar-refractivity contribution is 0.142. The number of rotatable bonds is 7. The molecule has 5 rings (SSSR count). The van der Waals surface area contributed by atoms with Gasteiger partial charge in [0, 0.05) is 13.1 Å². The molecule has 3 aromatic carbocycles. The molecule has 2 aliphatic rings.